The number of carbonyl (C=O) groups is 2. The van der Waals surface area contributed by atoms with Gasteiger partial charge in [-0.1, -0.05) is 67.6 Å². The highest BCUT2D eigenvalue weighted by Gasteiger charge is 2.70. The van der Waals surface area contributed by atoms with Gasteiger partial charge in [0.1, 0.15) is 0 Å². The first kappa shape index (κ1) is 15.1. The third-order valence-electron chi connectivity index (χ3n) is 6.16. The van der Waals surface area contributed by atoms with Gasteiger partial charge in [-0.15, -0.1) is 0 Å². The third kappa shape index (κ3) is 1.66. The number of fused-ring (bicyclic) bond motifs is 1. The molecule has 0 bridgehead atoms. The molecule has 1 saturated carbocycles. The van der Waals surface area contributed by atoms with E-state index >= 15 is 0 Å². The van der Waals surface area contributed by atoms with E-state index in [1.54, 1.807) is 6.92 Å². The molecule has 2 nitrogen and oxygen atoms in total. The van der Waals surface area contributed by atoms with Crippen molar-refractivity contribution in [1.29, 1.82) is 0 Å². The summed E-state index contributed by atoms with van der Waals surface area (Å²) in [4.78, 5) is 25.7. The van der Waals surface area contributed by atoms with Crippen LogP contribution in [0.15, 0.2) is 72.3 Å². The second-order valence-electron chi connectivity index (χ2n) is 7.16. The highest BCUT2D eigenvalue weighted by atomic mass is 16.1. The molecule has 2 unspecified atom stereocenters. The molecule has 0 aliphatic heterocycles. The van der Waals surface area contributed by atoms with Crippen LogP contribution >= 0.6 is 0 Å². The molecule has 0 aromatic heterocycles. The van der Waals surface area contributed by atoms with Gasteiger partial charge in [0.25, 0.3) is 0 Å². The van der Waals surface area contributed by atoms with Crippen molar-refractivity contribution < 1.29 is 9.59 Å². The maximum absolute atomic E-state index is 13.2. The number of Topliss-reactive ketones (excluding diaryl/α,β-unsaturated/α-hetero) is 1. The first-order chi connectivity index (χ1) is 11.5. The van der Waals surface area contributed by atoms with Crippen LogP contribution in [-0.4, -0.2) is 11.6 Å². The summed E-state index contributed by atoms with van der Waals surface area (Å²) in [7, 11) is 0. The highest BCUT2D eigenvalue weighted by molar-refractivity contribution is 6.15. The van der Waals surface area contributed by atoms with Gasteiger partial charge >= 0.3 is 0 Å². The Labute approximate surface area is 142 Å². The van der Waals surface area contributed by atoms with E-state index in [0.717, 1.165) is 11.1 Å². The second kappa shape index (κ2) is 5.01. The summed E-state index contributed by atoms with van der Waals surface area (Å²) in [5, 5.41) is 0. The Morgan fingerprint density at radius 2 is 1.38 bits per heavy atom. The molecule has 2 heteroatoms. The van der Waals surface area contributed by atoms with Gasteiger partial charge in [0.2, 0.25) is 0 Å². The number of carbonyl (C=O) groups excluding carboxylic acids is 2. The zero-order valence-corrected chi connectivity index (χ0v) is 14.0. The maximum atomic E-state index is 13.2. The number of hydrogen-bond acceptors (Lipinski definition) is 2. The van der Waals surface area contributed by atoms with Crippen molar-refractivity contribution in [2.45, 2.75) is 25.7 Å². The average Bonchev–Trinajstić information content (AvgIpc) is 2.60. The smallest absolute Gasteiger partial charge is 0.166 e. The van der Waals surface area contributed by atoms with Crippen molar-refractivity contribution in [3.05, 3.63) is 83.4 Å². The number of hydrogen-bond donors (Lipinski definition) is 0. The summed E-state index contributed by atoms with van der Waals surface area (Å²) in [6, 6.07) is 20.3. The minimum absolute atomic E-state index is 0.0945. The largest absolute Gasteiger partial charge is 0.294 e. The van der Waals surface area contributed by atoms with Crippen LogP contribution in [0, 0.1) is 11.3 Å². The molecule has 0 heterocycles. The summed E-state index contributed by atoms with van der Waals surface area (Å²) in [5.41, 5.74) is 1.65. The Balaban J connectivity index is 2.00. The SMILES string of the molecule is CC1=CC(=O)C2CC(c3ccccc3)(c3ccccc3)C2(C)C1=O. The fourth-order valence-corrected chi connectivity index (χ4v) is 4.86. The molecular weight excluding hydrogens is 296 g/mol. The highest BCUT2D eigenvalue weighted by Crippen LogP contribution is 2.67. The molecule has 2 aliphatic rings. The molecular formula is C22H20O2. The maximum Gasteiger partial charge on any atom is 0.166 e. The quantitative estimate of drug-likeness (QED) is 0.836. The van der Waals surface area contributed by atoms with E-state index in [4.69, 9.17) is 0 Å². The van der Waals surface area contributed by atoms with Gasteiger partial charge in [-0.25, -0.2) is 0 Å². The van der Waals surface area contributed by atoms with E-state index in [9.17, 15) is 9.59 Å². The minimum Gasteiger partial charge on any atom is -0.294 e. The van der Waals surface area contributed by atoms with Crippen LogP contribution in [0.4, 0.5) is 0 Å². The molecule has 0 radical (unpaired) electrons. The summed E-state index contributed by atoms with van der Waals surface area (Å²) in [5.74, 6) is -0.0303. The first-order valence-electron chi connectivity index (χ1n) is 8.40. The van der Waals surface area contributed by atoms with Crippen molar-refractivity contribution in [3.8, 4) is 0 Å². The van der Waals surface area contributed by atoms with Crippen LogP contribution in [0.2, 0.25) is 0 Å². The van der Waals surface area contributed by atoms with Crippen molar-refractivity contribution in [3.63, 3.8) is 0 Å². The molecule has 2 aliphatic carbocycles. The molecule has 1 fully saturated rings. The van der Waals surface area contributed by atoms with E-state index < -0.39 is 10.8 Å². The fraction of sp³-hybridized carbons (Fsp3) is 0.273. The number of allylic oxidation sites excluding steroid dienone is 2. The van der Waals surface area contributed by atoms with Gasteiger partial charge in [0.15, 0.2) is 11.6 Å². The lowest BCUT2D eigenvalue weighted by Crippen LogP contribution is -2.67. The molecule has 120 valence electrons. The Morgan fingerprint density at radius 1 is 0.875 bits per heavy atom. The van der Waals surface area contributed by atoms with Gasteiger partial charge in [0.05, 0.1) is 5.41 Å². The zero-order chi connectivity index (χ0) is 16.9. The lowest BCUT2D eigenvalue weighted by atomic mass is 9.37. The molecule has 0 N–H and O–H groups in total. The van der Waals surface area contributed by atoms with E-state index in [2.05, 4.69) is 24.3 Å². The third-order valence-corrected chi connectivity index (χ3v) is 6.16. The lowest BCUT2D eigenvalue weighted by molar-refractivity contribution is -0.154. The standard InChI is InChI=1S/C22H20O2/c1-15-13-19(23)18-14-22(21(18,2)20(15)24,16-9-5-3-6-10-16)17-11-7-4-8-12-17/h3-13,18H,14H2,1-2H3. The molecule has 2 aromatic carbocycles. The summed E-state index contributed by atoms with van der Waals surface area (Å²) in [6.45, 7) is 3.75. The van der Waals surface area contributed by atoms with Crippen molar-refractivity contribution in [1.82, 2.24) is 0 Å². The van der Waals surface area contributed by atoms with Gasteiger partial charge in [-0.2, -0.15) is 0 Å². The van der Waals surface area contributed by atoms with Crippen molar-refractivity contribution in [2.75, 3.05) is 0 Å². The van der Waals surface area contributed by atoms with Gasteiger partial charge < -0.3 is 0 Å². The van der Waals surface area contributed by atoms with Gasteiger partial charge in [-0.05, 0) is 36.1 Å². The molecule has 2 aromatic rings. The van der Waals surface area contributed by atoms with E-state index in [1.807, 2.05) is 43.3 Å². The van der Waals surface area contributed by atoms with Crippen LogP contribution in [-0.2, 0) is 15.0 Å². The Bertz CT molecular complexity index is 809. The number of benzene rings is 2. The molecule has 0 saturated heterocycles. The number of ketones is 2. The van der Waals surface area contributed by atoms with E-state index in [0.29, 0.717) is 12.0 Å². The van der Waals surface area contributed by atoms with Crippen LogP contribution in [0.3, 0.4) is 0 Å². The average molecular weight is 316 g/mol. The Morgan fingerprint density at radius 3 is 1.88 bits per heavy atom. The minimum atomic E-state index is -0.717. The summed E-state index contributed by atoms with van der Waals surface area (Å²) < 4.78 is 0. The lowest BCUT2D eigenvalue weighted by Gasteiger charge is -2.63. The van der Waals surface area contributed by atoms with Crippen LogP contribution in [0.1, 0.15) is 31.4 Å². The summed E-state index contributed by atoms with van der Waals surface area (Å²) >= 11 is 0. The molecule has 0 spiro atoms. The molecule has 0 amide bonds. The van der Waals surface area contributed by atoms with Crippen LogP contribution in [0.5, 0.6) is 0 Å². The number of rotatable bonds is 2. The van der Waals surface area contributed by atoms with Crippen molar-refractivity contribution >= 4 is 11.6 Å². The molecule has 4 rings (SSSR count). The van der Waals surface area contributed by atoms with Crippen LogP contribution in [0.25, 0.3) is 0 Å². The predicted molar refractivity (Wildman–Crippen MR) is 93.6 cm³/mol. The Kier molecular flexibility index (Phi) is 3.14. The Hall–Kier alpha value is -2.48. The van der Waals surface area contributed by atoms with Gasteiger partial charge in [-0.3, -0.25) is 9.59 Å². The molecule has 2 atom stereocenters. The normalized spacial score (nSPS) is 27.9. The topological polar surface area (TPSA) is 34.1 Å². The molecule has 24 heavy (non-hydrogen) atoms. The summed E-state index contributed by atoms with van der Waals surface area (Å²) in [6.07, 6.45) is 2.22. The zero-order valence-electron chi connectivity index (χ0n) is 14.0. The first-order valence-corrected chi connectivity index (χ1v) is 8.40. The van der Waals surface area contributed by atoms with Gasteiger partial charge in [0, 0.05) is 11.3 Å². The van der Waals surface area contributed by atoms with E-state index in [-0.39, 0.29) is 17.5 Å². The van der Waals surface area contributed by atoms with Crippen molar-refractivity contribution in [2.24, 2.45) is 11.3 Å². The second-order valence-corrected chi connectivity index (χ2v) is 7.16. The predicted octanol–water partition coefficient (Wildman–Crippen LogP) is 4.10. The monoisotopic (exact) mass is 316 g/mol. The van der Waals surface area contributed by atoms with E-state index in [1.165, 1.54) is 6.08 Å². The van der Waals surface area contributed by atoms with Crippen LogP contribution < -0.4 is 0 Å². The fourth-order valence-electron chi connectivity index (χ4n) is 4.86.